The molecule has 0 unspecified atom stereocenters. The molecule has 0 spiro atoms. The van der Waals surface area contributed by atoms with E-state index in [-0.39, 0.29) is 0 Å². The van der Waals surface area contributed by atoms with Gasteiger partial charge in [0.25, 0.3) is 0 Å². The molecule has 0 atom stereocenters. The molecule has 0 fully saturated rings. The van der Waals surface area contributed by atoms with E-state index >= 15 is 0 Å². The maximum Gasteiger partial charge on any atom is 0.0944 e. The lowest BCUT2D eigenvalue weighted by Gasteiger charge is -1.87. The first-order valence-corrected chi connectivity index (χ1v) is 3.37. The highest BCUT2D eigenvalue weighted by Crippen LogP contribution is 1.93. The fraction of sp³-hybridized carbons (Fsp3) is 0.222. The van der Waals surface area contributed by atoms with Crippen LogP contribution in [0.25, 0.3) is 0 Å². The largest absolute Gasteiger partial charge is 0.399 e. The molecule has 0 saturated carbocycles. The van der Waals surface area contributed by atoms with Crippen molar-refractivity contribution >= 4 is 0 Å². The van der Waals surface area contributed by atoms with Crippen molar-refractivity contribution in [3.05, 3.63) is 35.6 Å². The van der Waals surface area contributed by atoms with Gasteiger partial charge in [0.15, 0.2) is 0 Å². The van der Waals surface area contributed by atoms with Gasteiger partial charge in [0.1, 0.15) is 0 Å². The number of hydrogen-bond acceptors (Lipinski definition) is 2. The van der Waals surface area contributed by atoms with Gasteiger partial charge < -0.3 is 5.73 Å². The lowest BCUT2D eigenvalue weighted by molar-refractivity contribution is 1.39. The smallest absolute Gasteiger partial charge is 0.0944 e. The van der Waals surface area contributed by atoms with Gasteiger partial charge in [-0.25, -0.2) is 0 Å². The zero-order valence-corrected chi connectivity index (χ0v) is 6.83. The van der Waals surface area contributed by atoms with Crippen molar-refractivity contribution in [2.45, 2.75) is 13.8 Å². The number of allylic oxidation sites excluding steroid dienone is 5. The van der Waals surface area contributed by atoms with E-state index in [0.29, 0.717) is 11.3 Å². The summed E-state index contributed by atoms with van der Waals surface area (Å²) in [6.07, 6.45) is 7.02. The normalized spacial score (nSPS) is 13.5. The Hall–Kier alpha value is -1.49. The molecule has 0 aromatic heterocycles. The van der Waals surface area contributed by atoms with E-state index in [4.69, 9.17) is 11.0 Å². The molecule has 0 radical (unpaired) electrons. The van der Waals surface area contributed by atoms with Gasteiger partial charge in [-0.15, -0.1) is 0 Å². The zero-order valence-electron chi connectivity index (χ0n) is 6.83. The molecule has 11 heavy (non-hydrogen) atoms. The van der Waals surface area contributed by atoms with E-state index < -0.39 is 0 Å². The summed E-state index contributed by atoms with van der Waals surface area (Å²) in [5.74, 6) is 0. The quantitative estimate of drug-likeness (QED) is 0.480. The molecule has 2 heteroatoms. The topological polar surface area (TPSA) is 49.8 Å². The summed E-state index contributed by atoms with van der Waals surface area (Å²) in [6, 6.07) is 2.00. The van der Waals surface area contributed by atoms with E-state index in [9.17, 15) is 0 Å². The van der Waals surface area contributed by atoms with Crippen LogP contribution >= 0.6 is 0 Å². The van der Waals surface area contributed by atoms with Crippen LogP contribution in [0.3, 0.4) is 0 Å². The van der Waals surface area contributed by atoms with Gasteiger partial charge in [-0.3, -0.25) is 0 Å². The average molecular weight is 148 g/mol. The summed E-state index contributed by atoms with van der Waals surface area (Å²) in [4.78, 5) is 0. The molecule has 0 aromatic rings. The van der Waals surface area contributed by atoms with Gasteiger partial charge in [0.2, 0.25) is 0 Å². The Balaban J connectivity index is 4.25. The maximum absolute atomic E-state index is 8.37. The summed E-state index contributed by atoms with van der Waals surface area (Å²) in [5.41, 5.74) is 6.81. The highest BCUT2D eigenvalue weighted by Gasteiger charge is 1.80. The van der Waals surface area contributed by atoms with Crippen LogP contribution in [-0.2, 0) is 0 Å². The monoisotopic (exact) mass is 148 g/mol. The first-order valence-electron chi connectivity index (χ1n) is 3.37. The standard InChI is InChI=1S/C9H12N2/c1-3-4-9(11)6-5-8(2)7-10/h3-6H,11H2,1-2H3/b4-3-,8-5+,9-6+. The molecule has 0 aliphatic carbocycles. The van der Waals surface area contributed by atoms with Gasteiger partial charge in [-0.05, 0) is 32.1 Å². The molecule has 0 aromatic carbocycles. The van der Waals surface area contributed by atoms with Crippen LogP contribution in [0.4, 0.5) is 0 Å². The molecule has 58 valence electrons. The summed E-state index contributed by atoms with van der Waals surface area (Å²) in [7, 11) is 0. The molecule has 0 bridgehead atoms. The van der Waals surface area contributed by atoms with Gasteiger partial charge in [-0.2, -0.15) is 5.26 Å². The molecule has 0 amide bonds. The lowest BCUT2D eigenvalue weighted by Crippen LogP contribution is -1.90. The van der Waals surface area contributed by atoms with Crippen LogP contribution in [0.5, 0.6) is 0 Å². The van der Waals surface area contributed by atoms with E-state index in [2.05, 4.69) is 0 Å². The minimum Gasteiger partial charge on any atom is -0.399 e. The number of rotatable bonds is 2. The highest BCUT2D eigenvalue weighted by atomic mass is 14.5. The van der Waals surface area contributed by atoms with E-state index in [1.165, 1.54) is 0 Å². The lowest BCUT2D eigenvalue weighted by atomic mass is 10.3. The van der Waals surface area contributed by atoms with E-state index in [0.717, 1.165) is 0 Å². The van der Waals surface area contributed by atoms with Crippen molar-refractivity contribution in [1.82, 2.24) is 0 Å². The van der Waals surface area contributed by atoms with Crippen LogP contribution in [0.1, 0.15) is 13.8 Å². The number of nitrogens with two attached hydrogens (primary N) is 1. The number of nitriles is 1. The van der Waals surface area contributed by atoms with Crippen LogP contribution < -0.4 is 5.73 Å². The Morgan fingerprint density at radius 1 is 1.45 bits per heavy atom. The van der Waals surface area contributed by atoms with Crippen LogP contribution in [-0.4, -0.2) is 0 Å². The van der Waals surface area contributed by atoms with Crippen LogP contribution in [0.15, 0.2) is 35.6 Å². The second-order valence-corrected chi connectivity index (χ2v) is 2.13. The minimum atomic E-state index is 0.650. The summed E-state index contributed by atoms with van der Waals surface area (Å²) in [5, 5.41) is 8.37. The van der Waals surface area contributed by atoms with E-state index in [1.54, 1.807) is 25.2 Å². The third kappa shape index (κ3) is 4.98. The fourth-order valence-corrected chi connectivity index (χ4v) is 0.506. The van der Waals surface area contributed by atoms with Gasteiger partial charge in [0, 0.05) is 11.3 Å². The van der Waals surface area contributed by atoms with Crippen molar-refractivity contribution in [1.29, 1.82) is 5.26 Å². The predicted octanol–water partition coefficient (Wildman–Crippen LogP) is 1.87. The number of nitrogens with zero attached hydrogens (tertiary/aromatic N) is 1. The van der Waals surface area contributed by atoms with Crippen molar-refractivity contribution in [3.8, 4) is 6.07 Å². The van der Waals surface area contributed by atoms with Crippen molar-refractivity contribution in [2.24, 2.45) is 5.73 Å². The Morgan fingerprint density at radius 2 is 2.09 bits per heavy atom. The SMILES string of the molecule is C\C=C/C(N)=C\C=C(/C)C#N. The van der Waals surface area contributed by atoms with Gasteiger partial charge in [-0.1, -0.05) is 6.08 Å². The molecular weight excluding hydrogens is 136 g/mol. The summed E-state index contributed by atoms with van der Waals surface area (Å²) >= 11 is 0. The fourth-order valence-electron chi connectivity index (χ4n) is 0.506. The van der Waals surface area contributed by atoms with Gasteiger partial charge >= 0.3 is 0 Å². The summed E-state index contributed by atoms with van der Waals surface area (Å²) in [6.45, 7) is 3.63. The zero-order chi connectivity index (χ0) is 8.69. The Kier molecular flexibility index (Phi) is 4.59. The molecule has 0 saturated heterocycles. The van der Waals surface area contributed by atoms with E-state index in [1.807, 2.05) is 19.1 Å². The second-order valence-electron chi connectivity index (χ2n) is 2.13. The first kappa shape index (κ1) is 9.51. The third-order valence-electron chi connectivity index (χ3n) is 1.06. The maximum atomic E-state index is 8.37. The van der Waals surface area contributed by atoms with Crippen molar-refractivity contribution in [2.75, 3.05) is 0 Å². The number of hydrogen-bond donors (Lipinski definition) is 1. The van der Waals surface area contributed by atoms with Gasteiger partial charge in [0.05, 0.1) is 6.07 Å². The molecular formula is C9H12N2. The van der Waals surface area contributed by atoms with Crippen LogP contribution in [0, 0.1) is 11.3 Å². The molecule has 2 N–H and O–H groups in total. The third-order valence-corrected chi connectivity index (χ3v) is 1.06. The summed E-state index contributed by atoms with van der Waals surface area (Å²) < 4.78 is 0. The van der Waals surface area contributed by atoms with Crippen molar-refractivity contribution in [3.63, 3.8) is 0 Å². The molecule has 0 aliphatic rings. The highest BCUT2D eigenvalue weighted by molar-refractivity contribution is 5.28. The predicted molar refractivity (Wildman–Crippen MR) is 46.5 cm³/mol. The molecule has 0 rings (SSSR count). The minimum absolute atomic E-state index is 0.650. The first-order chi connectivity index (χ1) is 5.20. The van der Waals surface area contributed by atoms with Crippen molar-refractivity contribution < 1.29 is 0 Å². The molecule has 2 nitrogen and oxygen atoms in total. The Morgan fingerprint density at radius 3 is 2.55 bits per heavy atom. The average Bonchev–Trinajstić information content (AvgIpc) is 2.01. The second kappa shape index (κ2) is 5.31. The Bertz CT molecular complexity index is 239. The molecule has 0 aliphatic heterocycles. The Labute approximate surface area is 67.3 Å². The molecule has 0 heterocycles. The van der Waals surface area contributed by atoms with Crippen LogP contribution in [0.2, 0.25) is 0 Å².